The van der Waals surface area contributed by atoms with Crippen LogP contribution in [0.25, 0.3) is 0 Å². The van der Waals surface area contributed by atoms with Gasteiger partial charge < -0.3 is 4.79 Å². The number of allylic oxidation sites excluding steroid dienone is 2. The minimum absolute atomic E-state index is 0.576. The summed E-state index contributed by atoms with van der Waals surface area (Å²) in [6.45, 7) is 4.38. The average molecular weight is 210 g/mol. The first-order valence-electron chi connectivity index (χ1n) is 6.39. The minimum atomic E-state index is 0.576. The Morgan fingerprint density at radius 2 is 1.73 bits per heavy atom. The van der Waals surface area contributed by atoms with Crippen molar-refractivity contribution < 1.29 is 4.79 Å². The molecule has 0 aromatic rings. The maximum atomic E-state index is 10.2. The molecule has 0 aliphatic carbocycles. The third kappa shape index (κ3) is 11.3. The lowest BCUT2D eigenvalue weighted by molar-refractivity contribution is -0.108. The van der Waals surface area contributed by atoms with Crippen LogP contribution >= 0.6 is 0 Å². The maximum absolute atomic E-state index is 10.2. The van der Waals surface area contributed by atoms with Crippen molar-refractivity contribution in [3.05, 3.63) is 12.2 Å². The molecule has 0 fully saturated rings. The number of carbonyl (C=O) groups excluding carboxylic acids is 1. The predicted molar refractivity (Wildman–Crippen MR) is 67.0 cm³/mol. The predicted octanol–water partition coefficient (Wildman–Crippen LogP) is 4.52. The van der Waals surface area contributed by atoms with Gasteiger partial charge in [0.25, 0.3) is 0 Å². The number of carbonyl (C=O) groups is 1. The summed E-state index contributed by atoms with van der Waals surface area (Å²) in [4.78, 5) is 10.2. The average Bonchev–Trinajstić information content (AvgIpc) is 2.22. The molecule has 0 radical (unpaired) electrons. The third-order valence-electron chi connectivity index (χ3n) is 2.71. The molecule has 0 saturated carbocycles. The summed E-state index contributed by atoms with van der Waals surface area (Å²) in [5, 5.41) is 0. The number of rotatable bonds is 10. The standard InChI is InChI=1S/C14H26O/c1-3-4-5-6-7-8-9-10-11-14(2)12-13-15/h6-7,13-14H,3-5,8-12H2,1-2H3. The molecule has 0 amide bonds. The zero-order chi connectivity index (χ0) is 11.4. The molecule has 0 N–H and O–H groups in total. The molecule has 0 heterocycles. The van der Waals surface area contributed by atoms with E-state index in [-0.39, 0.29) is 0 Å². The van der Waals surface area contributed by atoms with Crippen LogP contribution in [0.15, 0.2) is 12.2 Å². The van der Waals surface area contributed by atoms with E-state index in [0.29, 0.717) is 5.92 Å². The monoisotopic (exact) mass is 210 g/mol. The summed E-state index contributed by atoms with van der Waals surface area (Å²) in [5.74, 6) is 0.576. The van der Waals surface area contributed by atoms with Crippen LogP contribution in [-0.4, -0.2) is 6.29 Å². The number of aldehydes is 1. The molecule has 1 unspecified atom stereocenters. The van der Waals surface area contributed by atoms with E-state index < -0.39 is 0 Å². The van der Waals surface area contributed by atoms with Gasteiger partial charge in [0.15, 0.2) is 0 Å². The molecule has 1 nitrogen and oxygen atoms in total. The van der Waals surface area contributed by atoms with Crippen molar-refractivity contribution in [1.29, 1.82) is 0 Å². The quantitative estimate of drug-likeness (QED) is 0.294. The van der Waals surface area contributed by atoms with Crippen molar-refractivity contribution in [2.45, 2.75) is 65.2 Å². The van der Waals surface area contributed by atoms with Crippen molar-refractivity contribution >= 4 is 6.29 Å². The Morgan fingerprint density at radius 3 is 2.33 bits per heavy atom. The maximum Gasteiger partial charge on any atom is 0.120 e. The second-order valence-corrected chi connectivity index (χ2v) is 4.41. The molecular weight excluding hydrogens is 184 g/mol. The minimum Gasteiger partial charge on any atom is -0.303 e. The molecule has 0 spiro atoms. The fraction of sp³-hybridized carbons (Fsp3) is 0.786. The molecule has 0 aromatic carbocycles. The Kier molecular flexibility index (Phi) is 11.0. The van der Waals surface area contributed by atoms with Gasteiger partial charge in [0, 0.05) is 6.42 Å². The van der Waals surface area contributed by atoms with E-state index in [1.165, 1.54) is 44.9 Å². The summed E-state index contributed by atoms with van der Waals surface area (Å²) in [5.41, 5.74) is 0. The largest absolute Gasteiger partial charge is 0.303 e. The third-order valence-corrected chi connectivity index (χ3v) is 2.71. The van der Waals surface area contributed by atoms with E-state index in [2.05, 4.69) is 26.0 Å². The molecule has 88 valence electrons. The number of hydrogen-bond donors (Lipinski definition) is 0. The molecule has 0 aliphatic heterocycles. The second-order valence-electron chi connectivity index (χ2n) is 4.41. The second kappa shape index (κ2) is 11.5. The van der Waals surface area contributed by atoms with Gasteiger partial charge in [-0.3, -0.25) is 0 Å². The summed E-state index contributed by atoms with van der Waals surface area (Å²) < 4.78 is 0. The van der Waals surface area contributed by atoms with Crippen LogP contribution < -0.4 is 0 Å². The molecular formula is C14H26O. The highest BCUT2D eigenvalue weighted by Gasteiger charge is 1.99. The van der Waals surface area contributed by atoms with Crippen LogP contribution in [0.5, 0.6) is 0 Å². The van der Waals surface area contributed by atoms with Crippen LogP contribution in [0, 0.1) is 5.92 Å². The molecule has 1 atom stereocenters. The van der Waals surface area contributed by atoms with E-state index in [9.17, 15) is 4.79 Å². The summed E-state index contributed by atoms with van der Waals surface area (Å²) in [7, 11) is 0. The van der Waals surface area contributed by atoms with Crippen LogP contribution in [-0.2, 0) is 4.79 Å². The highest BCUT2D eigenvalue weighted by molar-refractivity contribution is 5.49. The van der Waals surface area contributed by atoms with Gasteiger partial charge in [-0.2, -0.15) is 0 Å². The molecule has 0 saturated heterocycles. The normalized spacial score (nSPS) is 13.2. The van der Waals surface area contributed by atoms with E-state index in [1.807, 2.05) is 0 Å². The highest BCUT2D eigenvalue weighted by Crippen LogP contribution is 2.11. The Hall–Kier alpha value is -0.590. The van der Waals surface area contributed by atoms with E-state index in [0.717, 1.165) is 12.7 Å². The van der Waals surface area contributed by atoms with Crippen molar-refractivity contribution in [3.8, 4) is 0 Å². The highest BCUT2D eigenvalue weighted by atomic mass is 16.1. The van der Waals surface area contributed by atoms with Gasteiger partial charge in [-0.05, 0) is 25.2 Å². The van der Waals surface area contributed by atoms with Crippen LogP contribution in [0.2, 0.25) is 0 Å². The van der Waals surface area contributed by atoms with Crippen LogP contribution in [0.3, 0.4) is 0 Å². The summed E-state index contributed by atoms with van der Waals surface area (Å²) >= 11 is 0. The first-order chi connectivity index (χ1) is 7.31. The first kappa shape index (κ1) is 14.4. The van der Waals surface area contributed by atoms with Crippen molar-refractivity contribution in [2.75, 3.05) is 0 Å². The zero-order valence-electron chi connectivity index (χ0n) is 10.4. The Bertz CT molecular complexity index is 161. The summed E-state index contributed by atoms with van der Waals surface area (Å²) in [6.07, 6.45) is 15.1. The topological polar surface area (TPSA) is 17.1 Å². The van der Waals surface area contributed by atoms with Crippen LogP contribution in [0.1, 0.15) is 65.2 Å². The zero-order valence-corrected chi connectivity index (χ0v) is 10.4. The Labute approximate surface area is 95.0 Å². The number of hydrogen-bond acceptors (Lipinski definition) is 1. The van der Waals surface area contributed by atoms with Crippen LogP contribution in [0.4, 0.5) is 0 Å². The van der Waals surface area contributed by atoms with Gasteiger partial charge in [0.1, 0.15) is 6.29 Å². The van der Waals surface area contributed by atoms with E-state index >= 15 is 0 Å². The molecule has 0 bridgehead atoms. The van der Waals surface area contributed by atoms with Gasteiger partial charge in [0.05, 0.1) is 0 Å². The summed E-state index contributed by atoms with van der Waals surface area (Å²) in [6, 6.07) is 0. The van der Waals surface area contributed by atoms with Crippen molar-refractivity contribution in [1.82, 2.24) is 0 Å². The lowest BCUT2D eigenvalue weighted by Gasteiger charge is -2.05. The van der Waals surface area contributed by atoms with Gasteiger partial charge in [0.2, 0.25) is 0 Å². The van der Waals surface area contributed by atoms with Crippen molar-refractivity contribution in [2.24, 2.45) is 5.92 Å². The first-order valence-corrected chi connectivity index (χ1v) is 6.39. The van der Waals surface area contributed by atoms with E-state index in [4.69, 9.17) is 0 Å². The van der Waals surface area contributed by atoms with Gasteiger partial charge >= 0.3 is 0 Å². The lowest BCUT2D eigenvalue weighted by atomic mass is 10.0. The van der Waals surface area contributed by atoms with Gasteiger partial charge in [-0.1, -0.05) is 51.7 Å². The smallest absolute Gasteiger partial charge is 0.120 e. The molecule has 0 aliphatic rings. The molecule has 15 heavy (non-hydrogen) atoms. The fourth-order valence-corrected chi connectivity index (χ4v) is 1.59. The molecule has 0 rings (SSSR count). The number of unbranched alkanes of at least 4 members (excludes halogenated alkanes) is 4. The van der Waals surface area contributed by atoms with Crippen molar-refractivity contribution in [3.63, 3.8) is 0 Å². The van der Waals surface area contributed by atoms with Gasteiger partial charge in [-0.15, -0.1) is 0 Å². The SMILES string of the molecule is CCCCC=CCCCCC(C)CC=O. The molecule has 1 heteroatoms. The fourth-order valence-electron chi connectivity index (χ4n) is 1.59. The molecule has 0 aromatic heterocycles. The van der Waals surface area contributed by atoms with E-state index in [1.54, 1.807) is 0 Å². The Morgan fingerprint density at radius 1 is 1.07 bits per heavy atom. The lowest BCUT2D eigenvalue weighted by Crippen LogP contribution is -1.94. The van der Waals surface area contributed by atoms with Gasteiger partial charge in [-0.25, -0.2) is 0 Å². The Balaban J connectivity index is 3.16.